The highest BCUT2D eigenvalue weighted by molar-refractivity contribution is 5.21. The Morgan fingerprint density at radius 2 is 2.05 bits per heavy atom. The lowest BCUT2D eigenvalue weighted by Gasteiger charge is -2.38. The van der Waals surface area contributed by atoms with Crippen molar-refractivity contribution in [1.29, 1.82) is 0 Å². The van der Waals surface area contributed by atoms with E-state index in [1.807, 2.05) is 0 Å². The van der Waals surface area contributed by atoms with E-state index in [1.165, 1.54) is 31.5 Å². The highest BCUT2D eigenvalue weighted by Gasteiger charge is 2.27. The fourth-order valence-electron chi connectivity index (χ4n) is 3.19. The maximum atomic E-state index is 8.91. The molecule has 0 aliphatic carbocycles. The van der Waals surface area contributed by atoms with Gasteiger partial charge in [-0.2, -0.15) is 0 Å². The van der Waals surface area contributed by atoms with Gasteiger partial charge in [0.2, 0.25) is 0 Å². The topological polar surface area (TPSA) is 35.5 Å². The Labute approximate surface area is 123 Å². The molecule has 1 heterocycles. The van der Waals surface area contributed by atoms with Gasteiger partial charge in [0, 0.05) is 25.7 Å². The number of nitrogens with one attached hydrogen (secondary N) is 1. The van der Waals surface area contributed by atoms with Gasteiger partial charge in [0.15, 0.2) is 0 Å². The van der Waals surface area contributed by atoms with E-state index in [1.54, 1.807) is 0 Å². The summed E-state index contributed by atoms with van der Waals surface area (Å²) in [5, 5.41) is 12.5. The number of rotatable bonds is 7. The maximum Gasteiger partial charge on any atom is 0.0443 e. The van der Waals surface area contributed by atoms with Gasteiger partial charge in [-0.25, -0.2) is 0 Å². The second-order valence-electron chi connectivity index (χ2n) is 5.83. The molecule has 0 bridgehead atoms. The number of benzene rings is 1. The Morgan fingerprint density at radius 3 is 2.75 bits per heavy atom. The molecule has 2 N–H and O–H groups in total. The molecule has 0 aromatic heterocycles. The molecule has 112 valence electrons. The van der Waals surface area contributed by atoms with Crippen molar-refractivity contribution in [2.45, 2.75) is 38.1 Å². The predicted molar refractivity (Wildman–Crippen MR) is 84.0 cm³/mol. The predicted octanol–water partition coefficient (Wildman–Crippen LogP) is 2.23. The summed E-state index contributed by atoms with van der Waals surface area (Å²) < 4.78 is 0. The molecular weight excluding hydrogens is 248 g/mol. The summed E-state index contributed by atoms with van der Waals surface area (Å²) in [5.41, 5.74) is 1.46. The van der Waals surface area contributed by atoms with Gasteiger partial charge in [-0.1, -0.05) is 37.3 Å². The third-order valence-corrected chi connectivity index (χ3v) is 4.10. The lowest BCUT2D eigenvalue weighted by atomic mass is 9.88. The molecule has 2 rings (SSSR count). The summed E-state index contributed by atoms with van der Waals surface area (Å²) in [4.78, 5) is 2.58. The molecule has 1 saturated heterocycles. The first-order valence-electron chi connectivity index (χ1n) is 7.95. The van der Waals surface area contributed by atoms with E-state index >= 15 is 0 Å². The van der Waals surface area contributed by atoms with Crippen molar-refractivity contribution in [3.8, 4) is 0 Å². The number of piperidine rings is 1. The first kappa shape index (κ1) is 15.5. The van der Waals surface area contributed by atoms with Gasteiger partial charge in [-0.3, -0.25) is 0 Å². The zero-order chi connectivity index (χ0) is 14.2. The van der Waals surface area contributed by atoms with Crippen LogP contribution in [0.25, 0.3) is 0 Å². The van der Waals surface area contributed by atoms with Crippen LogP contribution in [0.2, 0.25) is 0 Å². The van der Waals surface area contributed by atoms with Crippen molar-refractivity contribution < 1.29 is 5.11 Å². The normalized spacial score (nSPS) is 23.9. The first-order chi connectivity index (χ1) is 9.83. The first-order valence-corrected chi connectivity index (χ1v) is 7.95. The lowest BCUT2D eigenvalue weighted by Crippen LogP contribution is -2.49. The highest BCUT2D eigenvalue weighted by atomic mass is 16.3. The minimum absolute atomic E-state index is 0.278. The van der Waals surface area contributed by atoms with Crippen molar-refractivity contribution in [2.24, 2.45) is 0 Å². The zero-order valence-electron chi connectivity index (χ0n) is 12.6. The summed E-state index contributed by atoms with van der Waals surface area (Å²) in [6.07, 6.45) is 3.26. The summed E-state index contributed by atoms with van der Waals surface area (Å²) in [6.45, 7) is 6.95. The van der Waals surface area contributed by atoms with Gasteiger partial charge in [-0.15, -0.1) is 0 Å². The van der Waals surface area contributed by atoms with Crippen LogP contribution in [0.15, 0.2) is 30.3 Å². The summed E-state index contributed by atoms with van der Waals surface area (Å²) in [7, 11) is 0. The third kappa shape index (κ3) is 4.58. The molecule has 2 atom stereocenters. The van der Waals surface area contributed by atoms with Crippen molar-refractivity contribution in [3.63, 3.8) is 0 Å². The number of aliphatic hydroxyl groups is 1. The molecule has 0 spiro atoms. The van der Waals surface area contributed by atoms with E-state index in [4.69, 9.17) is 5.11 Å². The second kappa shape index (κ2) is 8.40. The van der Waals surface area contributed by atoms with Crippen LogP contribution in [-0.2, 0) is 0 Å². The van der Waals surface area contributed by atoms with Crippen LogP contribution in [-0.4, -0.2) is 48.8 Å². The quantitative estimate of drug-likeness (QED) is 0.750. The molecule has 0 amide bonds. The molecule has 1 aromatic rings. The lowest BCUT2D eigenvalue weighted by molar-refractivity contribution is 0.169. The van der Waals surface area contributed by atoms with Crippen LogP contribution in [0.4, 0.5) is 0 Å². The van der Waals surface area contributed by atoms with Crippen molar-refractivity contribution in [1.82, 2.24) is 10.2 Å². The largest absolute Gasteiger partial charge is 0.396 e. The fourth-order valence-corrected chi connectivity index (χ4v) is 3.19. The molecule has 0 saturated carbocycles. The summed E-state index contributed by atoms with van der Waals surface area (Å²) in [6, 6.07) is 11.4. The Balaban J connectivity index is 1.97. The molecule has 0 radical (unpaired) electrons. The van der Waals surface area contributed by atoms with Gasteiger partial charge >= 0.3 is 0 Å². The minimum atomic E-state index is 0.278. The molecular formula is C17H28N2O. The number of likely N-dealkylation sites (tertiary alicyclic amines) is 1. The van der Waals surface area contributed by atoms with Crippen LogP contribution < -0.4 is 5.32 Å². The minimum Gasteiger partial charge on any atom is -0.396 e. The van der Waals surface area contributed by atoms with Gasteiger partial charge in [0.05, 0.1) is 0 Å². The molecule has 1 fully saturated rings. The zero-order valence-corrected chi connectivity index (χ0v) is 12.6. The van der Waals surface area contributed by atoms with E-state index in [2.05, 4.69) is 47.5 Å². The molecule has 1 aromatic carbocycles. The smallest absolute Gasteiger partial charge is 0.0443 e. The Bertz CT molecular complexity index is 369. The third-order valence-electron chi connectivity index (χ3n) is 4.10. The van der Waals surface area contributed by atoms with E-state index in [9.17, 15) is 0 Å². The van der Waals surface area contributed by atoms with Gasteiger partial charge < -0.3 is 15.3 Å². The van der Waals surface area contributed by atoms with Gasteiger partial charge in [-0.05, 0) is 43.8 Å². The van der Waals surface area contributed by atoms with E-state index < -0.39 is 0 Å². The fraction of sp³-hybridized carbons (Fsp3) is 0.647. The Hall–Kier alpha value is -0.900. The monoisotopic (exact) mass is 276 g/mol. The van der Waals surface area contributed by atoms with Crippen LogP contribution >= 0.6 is 0 Å². The number of aliphatic hydroxyl groups excluding tert-OH is 1. The van der Waals surface area contributed by atoms with Crippen molar-refractivity contribution >= 4 is 0 Å². The second-order valence-corrected chi connectivity index (χ2v) is 5.83. The van der Waals surface area contributed by atoms with Crippen molar-refractivity contribution in [3.05, 3.63) is 35.9 Å². The summed E-state index contributed by atoms with van der Waals surface area (Å²) in [5.74, 6) is 0.628. The Morgan fingerprint density at radius 1 is 1.25 bits per heavy atom. The summed E-state index contributed by atoms with van der Waals surface area (Å²) >= 11 is 0. The number of hydrogen-bond donors (Lipinski definition) is 2. The standard InChI is InChI=1S/C17H28N2O/c1-2-10-19-13-16(15-7-4-3-5-8-15)12-17(14-19)18-9-6-11-20/h3-5,7-8,16-18,20H,2,6,9-14H2,1H3. The molecule has 1 aliphatic rings. The molecule has 3 nitrogen and oxygen atoms in total. The van der Waals surface area contributed by atoms with Crippen LogP contribution in [0, 0.1) is 0 Å². The van der Waals surface area contributed by atoms with Gasteiger partial charge in [0.25, 0.3) is 0 Å². The highest BCUT2D eigenvalue weighted by Crippen LogP contribution is 2.27. The molecule has 20 heavy (non-hydrogen) atoms. The average molecular weight is 276 g/mol. The van der Waals surface area contributed by atoms with Crippen LogP contribution in [0.3, 0.4) is 0 Å². The number of nitrogens with zero attached hydrogens (tertiary/aromatic N) is 1. The average Bonchev–Trinajstić information content (AvgIpc) is 2.49. The van der Waals surface area contributed by atoms with E-state index in [0.717, 1.165) is 19.5 Å². The van der Waals surface area contributed by atoms with E-state index in [-0.39, 0.29) is 6.61 Å². The molecule has 1 aliphatic heterocycles. The van der Waals surface area contributed by atoms with E-state index in [0.29, 0.717) is 12.0 Å². The Kier molecular flexibility index (Phi) is 6.51. The van der Waals surface area contributed by atoms with Crippen LogP contribution in [0.1, 0.15) is 37.7 Å². The molecule has 3 heteroatoms. The van der Waals surface area contributed by atoms with Gasteiger partial charge in [0.1, 0.15) is 0 Å². The van der Waals surface area contributed by atoms with Crippen molar-refractivity contribution in [2.75, 3.05) is 32.8 Å². The SMILES string of the molecule is CCCN1CC(NCCCO)CC(c2ccccc2)C1. The number of hydrogen-bond acceptors (Lipinski definition) is 3. The van der Waals surface area contributed by atoms with Crippen LogP contribution in [0.5, 0.6) is 0 Å². The maximum absolute atomic E-state index is 8.91. The molecule has 2 unspecified atom stereocenters.